The molecule has 0 spiro atoms. The Morgan fingerprint density at radius 3 is 2.55 bits per heavy atom. The van der Waals surface area contributed by atoms with Gasteiger partial charge in [0.2, 0.25) is 5.91 Å². The Balaban J connectivity index is 1.83. The molecule has 9 heteroatoms. The molecule has 1 fully saturated rings. The van der Waals surface area contributed by atoms with Gasteiger partial charge in [0, 0.05) is 17.3 Å². The van der Waals surface area contributed by atoms with Crippen LogP contribution in [0.15, 0.2) is 18.2 Å². The number of quaternary nitrogens is 1. The van der Waals surface area contributed by atoms with E-state index in [0.29, 0.717) is 56.6 Å². The Hall–Kier alpha value is -2.32. The molecule has 2 rings (SSSR count). The van der Waals surface area contributed by atoms with Gasteiger partial charge in [-0.05, 0) is 38.5 Å². The number of nitrogens with one attached hydrogen (secondary N) is 2. The Bertz CT molecular complexity index is 735. The van der Waals surface area contributed by atoms with E-state index in [-0.39, 0.29) is 24.5 Å². The standard InChI is InChI=1S/C20H29ClN4O4/c1-4-24(13-18(26)22-17-12-16(21)7-6-15(17)3)19(27)14-23-8-10-25(11-9-23)20(28)29-5-2/h6-7,12H,4-5,8-11,13-14H2,1-3H3,(H,22,26)/p+1. The van der Waals surface area contributed by atoms with Crippen LogP contribution >= 0.6 is 11.6 Å². The van der Waals surface area contributed by atoms with Crippen LogP contribution in [-0.2, 0) is 14.3 Å². The SMILES string of the molecule is CCOC(=O)N1CC[NH+](CC(=O)N(CC)CC(=O)Nc2cc(Cl)ccc2C)CC1. The first-order chi connectivity index (χ1) is 13.8. The Labute approximate surface area is 176 Å². The number of benzene rings is 1. The van der Waals surface area contributed by atoms with Crippen molar-refractivity contribution >= 4 is 35.2 Å². The van der Waals surface area contributed by atoms with E-state index < -0.39 is 0 Å². The zero-order chi connectivity index (χ0) is 21.4. The molecule has 0 atom stereocenters. The summed E-state index contributed by atoms with van der Waals surface area (Å²) < 4.78 is 5.01. The summed E-state index contributed by atoms with van der Waals surface area (Å²) in [4.78, 5) is 41.1. The fourth-order valence-corrected chi connectivity index (χ4v) is 3.36. The highest BCUT2D eigenvalue weighted by atomic mass is 35.5. The topological polar surface area (TPSA) is 83.4 Å². The molecule has 0 radical (unpaired) electrons. The summed E-state index contributed by atoms with van der Waals surface area (Å²) in [5.41, 5.74) is 1.55. The molecule has 1 saturated heterocycles. The van der Waals surface area contributed by atoms with Crippen LogP contribution in [0.2, 0.25) is 5.02 Å². The van der Waals surface area contributed by atoms with E-state index in [1.54, 1.807) is 28.9 Å². The van der Waals surface area contributed by atoms with E-state index in [4.69, 9.17) is 16.3 Å². The lowest BCUT2D eigenvalue weighted by molar-refractivity contribution is -0.896. The van der Waals surface area contributed by atoms with Gasteiger partial charge < -0.3 is 19.9 Å². The van der Waals surface area contributed by atoms with Crippen molar-refractivity contribution in [2.75, 3.05) is 57.7 Å². The van der Waals surface area contributed by atoms with Crippen molar-refractivity contribution in [3.8, 4) is 0 Å². The monoisotopic (exact) mass is 425 g/mol. The van der Waals surface area contributed by atoms with Crippen LogP contribution in [0.1, 0.15) is 19.4 Å². The fraction of sp³-hybridized carbons (Fsp3) is 0.550. The van der Waals surface area contributed by atoms with Crippen LogP contribution in [0.25, 0.3) is 0 Å². The number of aryl methyl sites for hydroxylation is 1. The third-order valence-electron chi connectivity index (χ3n) is 4.94. The van der Waals surface area contributed by atoms with Crippen molar-refractivity contribution in [1.82, 2.24) is 9.80 Å². The van der Waals surface area contributed by atoms with Gasteiger partial charge in [-0.3, -0.25) is 14.5 Å². The second kappa shape index (κ2) is 11.0. The highest BCUT2D eigenvalue weighted by Gasteiger charge is 2.27. The number of hydrogen-bond acceptors (Lipinski definition) is 4. The van der Waals surface area contributed by atoms with E-state index in [0.717, 1.165) is 10.5 Å². The lowest BCUT2D eigenvalue weighted by Gasteiger charge is -2.32. The van der Waals surface area contributed by atoms with Gasteiger partial charge in [0.05, 0.1) is 32.8 Å². The summed E-state index contributed by atoms with van der Waals surface area (Å²) in [6.45, 7) is 9.07. The van der Waals surface area contributed by atoms with Gasteiger partial charge in [-0.25, -0.2) is 4.79 Å². The van der Waals surface area contributed by atoms with Crippen LogP contribution in [0.4, 0.5) is 10.5 Å². The molecule has 160 valence electrons. The average molecular weight is 426 g/mol. The number of piperazine rings is 1. The smallest absolute Gasteiger partial charge is 0.410 e. The third-order valence-corrected chi connectivity index (χ3v) is 5.18. The molecule has 0 unspecified atom stereocenters. The molecule has 1 aliphatic heterocycles. The summed E-state index contributed by atoms with van der Waals surface area (Å²) in [7, 11) is 0. The molecule has 29 heavy (non-hydrogen) atoms. The number of carbonyl (C=O) groups excluding carboxylic acids is 3. The van der Waals surface area contributed by atoms with Crippen molar-refractivity contribution in [2.45, 2.75) is 20.8 Å². The predicted octanol–water partition coefficient (Wildman–Crippen LogP) is 0.792. The molecular weight excluding hydrogens is 396 g/mol. The van der Waals surface area contributed by atoms with Crippen molar-refractivity contribution in [1.29, 1.82) is 0 Å². The largest absolute Gasteiger partial charge is 0.450 e. The first-order valence-electron chi connectivity index (χ1n) is 9.93. The highest BCUT2D eigenvalue weighted by Crippen LogP contribution is 2.20. The van der Waals surface area contributed by atoms with Gasteiger partial charge in [0.1, 0.15) is 6.54 Å². The molecule has 3 amide bonds. The average Bonchev–Trinajstić information content (AvgIpc) is 2.69. The minimum absolute atomic E-state index is 0.0104. The molecule has 2 N–H and O–H groups in total. The van der Waals surface area contributed by atoms with Crippen molar-refractivity contribution < 1.29 is 24.0 Å². The van der Waals surface area contributed by atoms with E-state index in [1.165, 1.54) is 0 Å². The minimum atomic E-state index is -0.305. The first kappa shape index (κ1) is 23.0. The maximum absolute atomic E-state index is 12.7. The summed E-state index contributed by atoms with van der Waals surface area (Å²) in [6, 6.07) is 5.29. The van der Waals surface area contributed by atoms with Gasteiger partial charge >= 0.3 is 6.09 Å². The molecule has 0 bridgehead atoms. The number of ether oxygens (including phenoxy) is 1. The van der Waals surface area contributed by atoms with Crippen molar-refractivity contribution in [2.24, 2.45) is 0 Å². The number of carbonyl (C=O) groups is 3. The lowest BCUT2D eigenvalue weighted by Crippen LogP contribution is -3.15. The van der Waals surface area contributed by atoms with E-state index in [2.05, 4.69) is 5.32 Å². The Kier molecular flexibility index (Phi) is 8.72. The van der Waals surface area contributed by atoms with Crippen LogP contribution in [0.3, 0.4) is 0 Å². The maximum atomic E-state index is 12.7. The van der Waals surface area contributed by atoms with Crippen LogP contribution in [-0.4, -0.2) is 80.1 Å². The number of amides is 3. The summed E-state index contributed by atoms with van der Waals surface area (Å²) in [5, 5.41) is 3.36. The number of hydrogen-bond donors (Lipinski definition) is 2. The van der Waals surface area contributed by atoms with E-state index in [9.17, 15) is 14.4 Å². The zero-order valence-corrected chi connectivity index (χ0v) is 18.1. The molecule has 8 nitrogen and oxygen atoms in total. The second-order valence-corrected chi connectivity index (χ2v) is 7.46. The number of halogens is 1. The molecule has 1 aromatic rings. The van der Waals surface area contributed by atoms with Gasteiger partial charge in [0.25, 0.3) is 5.91 Å². The third kappa shape index (κ3) is 6.90. The van der Waals surface area contributed by atoms with Crippen molar-refractivity contribution in [3.05, 3.63) is 28.8 Å². The zero-order valence-electron chi connectivity index (χ0n) is 17.3. The lowest BCUT2D eigenvalue weighted by atomic mass is 10.2. The molecule has 0 aliphatic carbocycles. The predicted molar refractivity (Wildman–Crippen MR) is 111 cm³/mol. The normalized spacial score (nSPS) is 14.4. The van der Waals surface area contributed by atoms with Crippen molar-refractivity contribution in [3.63, 3.8) is 0 Å². The first-order valence-corrected chi connectivity index (χ1v) is 10.3. The number of likely N-dealkylation sites (N-methyl/N-ethyl adjacent to an activating group) is 1. The van der Waals surface area contributed by atoms with Crippen LogP contribution in [0.5, 0.6) is 0 Å². The number of nitrogens with zero attached hydrogens (tertiary/aromatic N) is 2. The van der Waals surface area contributed by atoms with Gasteiger partial charge in [-0.2, -0.15) is 0 Å². The quantitative estimate of drug-likeness (QED) is 0.676. The van der Waals surface area contributed by atoms with Gasteiger partial charge in [-0.1, -0.05) is 17.7 Å². The molecule has 1 aliphatic rings. The molecule has 0 aromatic heterocycles. The number of anilines is 1. The molecular formula is C20H30ClN4O4+. The van der Waals surface area contributed by atoms with E-state index in [1.807, 2.05) is 19.9 Å². The molecule has 1 heterocycles. The van der Waals surface area contributed by atoms with Crippen LogP contribution < -0.4 is 10.2 Å². The second-order valence-electron chi connectivity index (χ2n) is 7.03. The maximum Gasteiger partial charge on any atom is 0.410 e. The van der Waals surface area contributed by atoms with Crippen LogP contribution in [0, 0.1) is 6.92 Å². The summed E-state index contributed by atoms with van der Waals surface area (Å²) in [5.74, 6) is -0.335. The molecule has 0 saturated carbocycles. The summed E-state index contributed by atoms with van der Waals surface area (Å²) in [6.07, 6.45) is -0.305. The molecule has 1 aromatic carbocycles. The summed E-state index contributed by atoms with van der Waals surface area (Å²) >= 11 is 5.99. The highest BCUT2D eigenvalue weighted by molar-refractivity contribution is 6.31. The van der Waals surface area contributed by atoms with Gasteiger partial charge in [0.15, 0.2) is 6.54 Å². The van der Waals surface area contributed by atoms with E-state index >= 15 is 0 Å². The number of rotatable bonds is 7. The Morgan fingerprint density at radius 1 is 1.24 bits per heavy atom. The fourth-order valence-electron chi connectivity index (χ4n) is 3.19. The Morgan fingerprint density at radius 2 is 1.93 bits per heavy atom. The van der Waals surface area contributed by atoms with Gasteiger partial charge in [-0.15, -0.1) is 0 Å². The minimum Gasteiger partial charge on any atom is -0.450 e.